The van der Waals surface area contributed by atoms with E-state index in [-0.39, 0.29) is 18.3 Å². The van der Waals surface area contributed by atoms with Crippen molar-refractivity contribution in [1.29, 1.82) is 0 Å². The van der Waals surface area contributed by atoms with Crippen molar-refractivity contribution in [2.45, 2.75) is 37.3 Å². The van der Waals surface area contributed by atoms with Gasteiger partial charge >= 0.3 is 11.9 Å². The summed E-state index contributed by atoms with van der Waals surface area (Å²) < 4.78 is 10.5. The normalized spacial score (nSPS) is 19.5. The van der Waals surface area contributed by atoms with Crippen LogP contribution in [-0.4, -0.2) is 31.0 Å². The zero-order chi connectivity index (χ0) is 20.0. The first-order valence-electron chi connectivity index (χ1n) is 9.25. The molecule has 0 radical (unpaired) electrons. The molecule has 1 heterocycles. The molecule has 146 valence electrons. The molecule has 1 aliphatic rings. The number of benzene rings is 2. The largest absolute Gasteiger partial charge is 0.467 e. The van der Waals surface area contributed by atoms with Crippen LogP contribution < -0.4 is 5.32 Å². The number of cyclic esters (lactones) is 1. The molecule has 1 N–H and O–H groups in total. The van der Waals surface area contributed by atoms with E-state index in [1.807, 2.05) is 36.4 Å². The second-order valence-electron chi connectivity index (χ2n) is 6.79. The Bertz CT molecular complexity index is 837. The minimum Gasteiger partial charge on any atom is -0.467 e. The maximum Gasteiger partial charge on any atom is 0.328 e. The number of amides is 1. The fourth-order valence-corrected chi connectivity index (χ4v) is 3.49. The predicted octanol–water partition coefficient (Wildman–Crippen LogP) is 2.97. The molecule has 2 atom stereocenters. The number of carbonyl (C=O) groups is 3. The van der Waals surface area contributed by atoms with Gasteiger partial charge in [0, 0.05) is 18.4 Å². The number of ether oxygens (including phenoxy) is 2. The second-order valence-corrected chi connectivity index (χ2v) is 6.79. The van der Waals surface area contributed by atoms with Crippen LogP contribution in [0.4, 0.5) is 0 Å². The van der Waals surface area contributed by atoms with E-state index in [1.54, 1.807) is 24.3 Å². The molecule has 1 aliphatic heterocycles. The van der Waals surface area contributed by atoms with Crippen molar-refractivity contribution < 1.29 is 23.9 Å². The van der Waals surface area contributed by atoms with E-state index >= 15 is 0 Å². The molecular formula is C22H23NO5. The monoisotopic (exact) mass is 381 g/mol. The molecule has 1 saturated heterocycles. The van der Waals surface area contributed by atoms with Gasteiger partial charge in [0.1, 0.15) is 11.6 Å². The summed E-state index contributed by atoms with van der Waals surface area (Å²) in [7, 11) is 1.28. The van der Waals surface area contributed by atoms with Gasteiger partial charge in [-0.2, -0.15) is 0 Å². The van der Waals surface area contributed by atoms with Crippen molar-refractivity contribution in [3.63, 3.8) is 0 Å². The van der Waals surface area contributed by atoms with E-state index in [2.05, 4.69) is 5.32 Å². The van der Waals surface area contributed by atoms with Crippen LogP contribution >= 0.6 is 0 Å². The molecule has 1 fully saturated rings. The molecular weight excluding hydrogens is 358 g/mol. The minimum absolute atomic E-state index is 0.258. The van der Waals surface area contributed by atoms with Crippen LogP contribution in [-0.2, 0) is 24.7 Å². The van der Waals surface area contributed by atoms with Crippen LogP contribution in [0.15, 0.2) is 60.7 Å². The molecule has 6 heteroatoms. The number of hydrogen-bond donors (Lipinski definition) is 1. The van der Waals surface area contributed by atoms with Gasteiger partial charge in [0.05, 0.1) is 7.11 Å². The van der Waals surface area contributed by atoms with Gasteiger partial charge in [-0.3, -0.25) is 9.59 Å². The van der Waals surface area contributed by atoms with Crippen molar-refractivity contribution in [1.82, 2.24) is 5.32 Å². The first-order valence-corrected chi connectivity index (χ1v) is 9.25. The average Bonchev–Trinajstić information content (AvgIpc) is 3.13. The van der Waals surface area contributed by atoms with Gasteiger partial charge in [-0.05, 0) is 30.5 Å². The Morgan fingerprint density at radius 3 is 2.32 bits per heavy atom. The summed E-state index contributed by atoms with van der Waals surface area (Å²) >= 11 is 0. The lowest BCUT2D eigenvalue weighted by molar-refractivity contribution is -0.150. The minimum atomic E-state index is -0.836. The lowest BCUT2D eigenvalue weighted by Crippen LogP contribution is -2.43. The van der Waals surface area contributed by atoms with Crippen LogP contribution in [0.3, 0.4) is 0 Å². The zero-order valence-electron chi connectivity index (χ0n) is 15.7. The third-order valence-corrected chi connectivity index (χ3v) is 5.01. The third-order valence-electron chi connectivity index (χ3n) is 5.01. The summed E-state index contributed by atoms with van der Waals surface area (Å²) in [6, 6.07) is 17.3. The van der Waals surface area contributed by atoms with Crippen LogP contribution in [0, 0.1) is 0 Å². The Morgan fingerprint density at radius 2 is 1.75 bits per heavy atom. The predicted molar refractivity (Wildman–Crippen MR) is 102 cm³/mol. The fraction of sp³-hybridized carbons (Fsp3) is 0.318. The molecule has 0 saturated carbocycles. The Balaban J connectivity index is 1.76. The van der Waals surface area contributed by atoms with Crippen molar-refractivity contribution in [2.75, 3.05) is 7.11 Å². The van der Waals surface area contributed by atoms with E-state index in [4.69, 9.17) is 9.47 Å². The van der Waals surface area contributed by atoms with E-state index in [9.17, 15) is 14.4 Å². The molecule has 2 aromatic rings. The van der Waals surface area contributed by atoms with Gasteiger partial charge in [0.15, 0.2) is 0 Å². The average molecular weight is 381 g/mol. The van der Waals surface area contributed by atoms with Crippen molar-refractivity contribution >= 4 is 17.8 Å². The summed E-state index contributed by atoms with van der Waals surface area (Å²) in [6.07, 6.45) is 1.55. The summed E-state index contributed by atoms with van der Waals surface area (Å²) in [4.78, 5) is 36.6. The third kappa shape index (κ3) is 4.39. The summed E-state index contributed by atoms with van der Waals surface area (Å²) in [6.45, 7) is 0. The molecule has 0 aromatic heterocycles. The molecule has 0 aliphatic carbocycles. The molecule has 0 bridgehead atoms. The number of rotatable bonds is 7. The maximum absolute atomic E-state index is 12.5. The molecule has 28 heavy (non-hydrogen) atoms. The van der Waals surface area contributed by atoms with Gasteiger partial charge in [-0.1, -0.05) is 48.5 Å². The van der Waals surface area contributed by atoms with Crippen LogP contribution in [0.25, 0.3) is 0 Å². The van der Waals surface area contributed by atoms with Gasteiger partial charge in [0.2, 0.25) is 0 Å². The maximum atomic E-state index is 12.5. The Hall–Kier alpha value is -3.15. The van der Waals surface area contributed by atoms with Gasteiger partial charge in [-0.15, -0.1) is 0 Å². The van der Waals surface area contributed by atoms with E-state index in [0.717, 1.165) is 5.56 Å². The summed E-state index contributed by atoms with van der Waals surface area (Å²) in [5.41, 5.74) is 0.558. The van der Waals surface area contributed by atoms with Gasteiger partial charge in [0.25, 0.3) is 5.91 Å². The van der Waals surface area contributed by atoms with Gasteiger partial charge < -0.3 is 14.8 Å². The highest BCUT2D eigenvalue weighted by Gasteiger charge is 2.42. The lowest BCUT2D eigenvalue weighted by Gasteiger charge is -2.30. The van der Waals surface area contributed by atoms with Crippen LogP contribution in [0.5, 0.6) is 0 Å². The molecule has 6 nitrogen and oxygen atoms in total. The lowest BCUT2D eigenvalue weighted by atomic mass is 9.85. The quantitative estimate of drug-likeness (QED) is 0.746. The fourth-order valence-electron chi connectivity index (χ4n) is 3.49. The molecule has 3 rings (SSSR count). The van der Waals surface area contributed by atoms with Crippen molar-refractivity contribution in [3.05, 3.63) is 71.8 Å². The van der Waals surface area contributed by atoms with Crippen molar-refractivity contribution in [3.8, 4) is 0 Å². The molecule has 0 spiro atoms. The number of hydrogen-bond acceptors (Lipinski definition) is 5. The van der Waals surface area contributed by atoms with E-state index < -0.39 is 17.6 Å². The summed E-state index contributed by atoms with van der Waals surface area (Å²) in [5.74, 6) is -1.14. The SMILES string of the molecule is COC(=O)[C@H](CCC1(c2ccccc2)CCC(=O)O1)NC(=O)c1ccccc1. The summed E-state index contributed by atoms with van der Waals surface area (Å²) in [5, 5.41) is 2.73. The van der Waals surface area contributed by atoms with Crippen LogP contribution in [0.2, 0.25) is 0 Å². The highest BCUT2D eigenvalue weighted by Crippen LogP contribution is 2.41. The van der Waals surface area contributed by atoms with Gasteiger partial charge in [-0.25, -0.2) is 4.79 Å². The van der Waals surface area contributed by atoms with E-state index in [1.165, 1.54) is 7.11 Å². The van der Waals surface area contributed by atoms with Crippen LogP contribution in [0.1, 0.15) is 41.6 Å². The smallest absolute Gasteiger partial charge is 0.328 e. The number of carbonyl (C=O) groups excluding carboxylic acids is 3. The highest BCUT2D eigenvalue weighted by atomic mass is 16.6. The Kier molecular flexibility index (Phi) is 6.09. The standard InChI is InChI=1S/C22H23NO5/c1-27-21(26)18(23-20(25)16-8-4-2-5-9-16)12-14-22(15-13-19(24)28-22)17-10-6-3-7-11-17/h2-11,18H,12-15H2,1H3,(H,23,25)/t18-,22?/m0/s1. The number of nitrogens with one attached hydrogen (secondary N) is 1. The zero-order valence-corrected chi connectivity index (χ0v) is 15.7. The molecule has 1 amide bonds. The Labute approximate surface area is 163 Å². The van der Waals surface area contributed by atoms with Crippen molar-refractivity contribution in [2.24, 2.45) is 0 Å². The topological polar surface area (TPSA) is 81.7 Å². The highest BCUT2D eigenvalue weighted by molar-refractivity contribution is 5.96. The Morgan fingerprint density at radius 1 is 1.11 bits per heavy atom. The molecule has 2 aromatic carbocycles. The van der Waals surface area contributed by atoms with E-state index in [0.29, 0.717) is 24.8 Å². The first kappa shape index (κ1) is 19.6. The number of methoxy groups -OCH3 is 1. The number of esters is 2. The second kappa shape index (κ2) is 8.69. The molecule has 1 unspecified atom stereocenters. The first-order chi connectivity index (χ1) is 13.5.